The molecule has 2 aliphatic rings. The number of anilines is 1. The smallest absolute Gasteiger partial charge is 0.113 e. The summed E-state index contributed by atoms with van der Waals surface area (Å²) in [5, 5.41) is 9.41. The standard InChI is InChI=1S/C19H23N5/c1-14-9-18(16(10-20)11-21-14)23-7-4-5-15(13-23)19-22-12-17-6-2-3-8-24(17)19/h9,11-12,15H,2-8,13H2,1H3. The summed E-state index contributed by atoms with van der Waals surface area (Å²) >= 11 is 0. The van der Waals surface area contributed by atoms with E-state index in [2.05, 4.69) is 26.7 Å². The fraction of sp³-hybridized carbons (Fsp3) is 0.526. The molecule has 2 aliphatic heterocycles. The van der Waals surface area contributed by atoms with Gasteiger partial charge in [-0.3, -0.25) is 4.98 Å². The van der Waals surface area contributed by atoms with Crippen molar-refractivity contribution in [2.45, 2.75) is 51.5 Å². The van der Waals surface area contributed by atoms with E-state index in [1.807, 2.05) is 13.0 Å². The minimum Gasteiger partial charge on any atom is -0.370 e. The van der Waals surface area contributed by atoms with Gasteiger partial charge in [0.25, 0.3) is 0 Å². The Labute approximate surface area is 143 Å². The summed E-state index contributed by atoms with van der Waals surface area (Å²) in [4.78, 5) is 11.4. The largest absolute Gasteiger partial charge is 0.370 e. The molecule has 5 heteroatoms. The summed E-state index contributed by atoms with van der Waals surface area (Å²) in [6.07, 6.45) is 9.79. The molecular weight excluding hydrogens is 298 g/mol. The summed E-state index contributed by atoms with van der Waals surface area (Å²) in [7, 11) is 0. The first-order chi connectivity index (χ1) is 11.8. The average Bonchev–Trinajstić information content (AvgIpc) is 3.06. The predicted octanol–water partition coefficient (Wildman–Crippen LogP) is 3.18. The lowest BCUT2D eigenvalue weighted by atomic mass is 9.95. The highest BCUT2D eigenvalue weighted by Crippen LogP contribution is 2.32. The molecule has 0 saturated carbocycles. The number of hydrogen-bond acceptors (Lipinski definition) is 4. The summed E-state index contributed by atoms with van der Waals surface area (Å²) in [6.45, 7) is 5.03. The van der Waals surface area contributed by atoms with Crippen molar-refractivity contribution < 1.29 is 0 Å². The van der Waals surface area contributed by atoms with E-state index in [0.29, 0.717) is 11.5 Å². The molecule has 2 aromatic heterocycles. The van der Waals surface area contributed by atoms with E-state index in [0.717, 1.165) is 43.9 Å². The Kier molecular flexibility index (Phi) is 3.97. The van der Waals surface area contributed by atoms with Crippen LogP contribution in [0.15, 0.2) is 18.5 Å². The van der Waals surface area contributed by atoms with E-state index in [-0.39, 0.29) is 0 Å². The molecule has 124 valence electrons. The Hall–Kier alpha value is -2.35. The third kappa shape index (κ3) is 2.66. The quantitative estimate of drug-likeness (QED) is 0.852. The number of aryl methyl sites for hydroxylation is 2. The van der Waals surface area contributed by atoms with Crippen LogP contribution in [0.5, 0.6) is 0 Å². The van der Waals surface area contributed by atoms with Crippen LogP contribution in [0.2, 0.25) is 0 Å². The molecular formula is C19H23N5. The van der Waals surface area contributed by atoms with Crippen molar-refractivity contribution in [3.05, 3.63) is 41.2 Å². The highest BCUT2D eigenvalue weighted by Gasteiger charge is 2.28. The van der Waals surface area contributed by atoms with Crippen molar-refractivity contribution >= 4 is 5.69 Å². The fourth-order valence-corrected chi connectivity index (χ4v) is 4.09. The van der Waals surface area contributed by atoms with E-state index in [1.54, 1.807) is 6.20 Å². The van der Waals surface area contributed by atoms with E-state index < -0.39 is 0 Å². The van der Waals surface area contributed by atoms with Crippen LogP contribution < -0.4 is 4.90 Å². The van der Waals surface area contributed by atoms with Crippen LogP contribution in [-0.2, 0) is 13.0 Å². The highest BCUT2D eigenvalue weighted by molar-refractivity contribution is 5.59. The van der Waals surface area contributed by atoms with E-state index in [1.165, 1.54) is 30.8 Å². The van der Waals surface area contributed by atoms with Crippen LogP contribution in [0.4, 0.5) is 5.69 Å². The van der Waals surface area contributed by atoms with Gasteiger partial charge in [0.1, 0.15) is 11.9 Å². The Morgan fingerprint density at radius 2 is 2.08 bits per heavy atom. The van der Waals surface area contributed by atoms with Crippen molar-refractivity contribution in [1.82, 2.24) is 14.5 Å². The normalized spacial score (nSPS) is 20.5. The molecule has 5 nitrogen and oxygen atoms in total. The van der Waals surface area contributed by atoms with Gasteiger partial charge >= 0.3 is 0 Å². The molecule has 1 unspecified atom stereocenters. The molecule has 1 fully saturated rings. The lowest BCUT2D eigenvalue weighted by Crippen LogP contribution is -2.36. The Morgan fingerprint density at radius 3 is 2.96 bits per heavy atom. The van der Waals surface area contributed by atoms with Gasteiger partial charge < -0.3 is 9.47 Å². The zero-order chi connectivity index (χ0) is 16.5. The molecule has 0 radical (unpaired) electrons. The van der Waals surface area contributed by atoms with Gasteiger partial charge in [-0.25, -0.2) is 4.98 Å². The fourth-order valence-electron chi connectivity index (χ4n) is 4.09. The number of nitriles is 1. The van der Waals surface area contributed by atoms with Crippen LogP contribution in [0.3, 0.4) is 0 Å². The molecule has 1 atom stereocenters. The summed E-state index contributed by atoms with van der Waals surface area (Å²) < 4.78 is 2.45. The van der Waals surface area contributed by atoms with Gasteiger partial charge in [0.15, 0.2) is 0 Å². The molecule has 24 heavy (non-hydrogen) atoms. The monoisotopic (exact) mass is 321 g/mol. The van der Waals surface area contributed by atoms with Crippen molar-refractivity contribution in [2.24, 2.45) is 0 Å². The average molecular weight is 321 g/mol. The van der Waals surface area contributed by atoms with Crippen molar-refractivity contribution in [3.63, 3.8) is 0 Å². The topological polar surface area (TPSA) is 57.7 Å². The number of imidazole rings is 1. The van der Waals surface area contributed by atoms with E-state index in [4.69, 9.17) is 4.98 Å². The molecule has 0 bridgehead atoms. The van der Waals surface area contributed by atoms with E-state index in [9.17, 15) is 5.26 Å². The summed E-state index contributed by atoms with van der Waals surface area (Å²) in [5.74, 6) is 1.70. The molecule has 0 amide bonds. The molecule has 4 rings (SSSR count). The zero-order valence-corrected chi connectivity index (χ0v) is 14.2. The number of fused-ring (bicyclic) bond motifs is 1. The van der Waals surface area contributed by atoms with Crippen LogP contribution in [0, 0.1) is 18.3 Å². The van der Waals surface area contributed by atoms with Gasteiger partial charge in [0, 0.05) is 49.3 Å². The van der Waals surface area contributed by atoms with E-state index >= 15 is 0 Å². The first-order valence-electron chi connectivity index (χ1n) is 8.92. The maximum absolute atomic E-state index is 9.41. The minimum absolute atomic E-state index is 0.450. The summed E-state index contributed by atoms with van der Waals surface area (Å²) in [6, 6.07) is 4.34. The van der Waals surface area contributed by atoms with Crippen LogP contribution in [0.1, 0.15) is 54.4 Å². The van der Waals surface area contributed by atoms with Crippen LogP contribution >= 0.6 is 0 Å². The van der Waals surface area contributed by atoms with Gasteiger partial charge in [0.2, 0.25) is 0 Å². The molecule has 0 spiro atoms. The first kappa shape index (κ1) is 15.2. The number of pyridine rings is 1. The Balaban J connectivity index is 1.62. The van der Waals surface area contributed by atoms with Gasteiger partial charge in [-0.15, -0.1) is 0 Å². The maximum Gasteiger partial charge on any atom is 0.113 e. The highest BCUT2D eigenvalue weighted by atomic mass is 15.2. The predicted molar refractivity (Wildman–Crippen MR) is 93.0 cm³/mol. The Morgan fingerprint density at radius 1 is 1.17 bits per heavy atom. The van der Waals surface area contributed by atoms with Crippen LogP contribution in [0.25, 0.3) is 0 Å². The number of nitrogens with zero attached hydrogens (tertiary/aromatic N) is 5. The lowest BCUT2D eigenvalue weighted by Gasteiger charge is -2.35. The molecule has 2 aromatic rings. The minimum atomic E-state index is 0.450. The molecule has 0 N–H and O–H groups in total. The van der Waals surface area contributed by atoms with Gasteiger partial charge in [-0.2, -0.15) is 5.26 Å². The number of rotatable bonds is 2. The molecule has 0 aliphatic carbocycles. The van der Waals surface area contributed by atoms with Gasteiger partial charge in [0.05, 0.1) is 11.3 Å². The number of piperidine rings is 1. The number of hydrogen-bond donors (Lipinski definition) is 0. The SMILES string of the molecule is Cc1cc(N2CCCC(c3ncc4n3CCCC4)C2)c(C#N)cn1. The van der Waals surface area contributed by atoms with Crippen molar-refractivity contribution in [2.75, 3.05) is 18.0 Å². The molecule has 1 saturated heterocycles. The van der Waals surface area contributed by atoms with Crippen molar-refractivity contribution in [3.8, 4) is 6.07 Å². The Bertz CT molecular complexity index is 786. The second-order valence-corrected chi connectivity index (χ2v) is 6.96. The summed E-state index contributed by atoms with van der Waals surface area (Å²) in [5.41, 5.74) is 4.06. The first-order valence-corrected chi connectivity index (χ1v) is 8.92. The van der Waals surface area contributed by atoms with Gasteiger partial charge in [-0.05, 0) is 45.1 Å². The maximum atomic E-state index is 9.41. The van der Waals surface area contributed by atoms with Gasteiger partial charge in [-0.1, -0.05) is 0 Å². The zero-order valence-electron chi connectivity index (χ0n) is 14.2. The lowest BCUT2D eigenvalue weighted by molar-refractivity contribution is 0.445. The van der Waals surface area contributed by atoms with Crippen LogP contribution in [-0.4, -0.2) is 27.6 Å². The second kappa shape index (κ2) is 6.27. The van der Waals surface area contributed by atoms with Crippen molar-refractivity contribution in [1.29, 1.82) is 5.26 Å². The molecule has 4 heterocycles. The number of aromatic nitrogens is 3. The second-order valence-electron chi connectivity index (χ2n) is 6.96. The third-order valence-corrected chi connectivity index (χ3v) is 5.30. The molecule has 0 aromatic carbocycles. The third-order valence-electron chi connectivity index (χ3n) is 5.30.